The van der Waals surface area contributed by atoms with Crippen molar-refractivity contribution in [2.45, 2.75) is 173 Å². The lowest BCUT2D eigenvalue weighted by molar-refractivity contribution is -0.142. The summed E-state index contributed by atoms with van der Waals surface area (Å²) in [6.45, 7) is 3.62. The molecule has 3 amide bonds. The largest absolute Gasteiger partial charge is 0.481 e. The number of carboxylic acid groups (broad SMARTS) is 3. The van der Waals surface area contributed by atoms with Crippen molar-refractivity contribution in [2.24, 2.45) is 5.92 Å². The normalized spacial score (nSPS) is 12.1. The Bertz CT molecular complexity index is 1200. The monoisotopic (exact) mass is 888 g/mol. The number of hydrogen-bond donors (Lipinski definition) is 6. The minimum absolute atomic E-state index is 0.0366. The van der Waals surface area contributed by atoms with Gasteiger partial charge in [0.1, 0.15) is 25.0 Å². The molecule has 0 spiro atoms. The van der Waals surface area contributed by atoms with E-state index >= 15 is 0 Å². The van der Waals surface area contributed by atoms with E-state index in [0.29, 0.717) is 45.3 Å². The average molecular weight is 888 g/mol. The maximum absolute atomic E-state index is 12.4. The summed E-state index contributed by atoms with van der Waals surface area (Å²) in [5.41, 5.74) is 0. The average Bonchev–Trinajstić information content (AvgIpc) is 3.23. The number of ketones is 1. The fourth-order valence-corrected chi connectivity index (χ4v) is 6.42. The van der Waals surface area contributed by atoms with E-state index < -0.39 is 29.9 Å². The molecule has 0 radical (unpaired) electrons. The van der Waals surface area contributed by atoms with Crippen molar-refractivity contribution in [3.8, 4) is 0 Å². The van der Waals surface area contributed by atoms with Gasteiger partial charge in [-0.2, -0.15) is 0 Å². The van der Waals surface area contributed by atoms with Crippen LogP contribution in [-0.2, 0) is 52.5 Å². The quantitative estimate of drug-likeness (QED) is 0.0385. The number of aliphatic carboxylic acids is 3. The fourth-order valence-electron chi connectivity index (χ4n) is 6.42. The van der Waals surface area contributed by atoms with Gasteiger partial charge in [0, 0.05) is 45.4 Å². The van der Waals surface area contributed by atoms with E-state index in [2.05, 4.69) is 16.0 Å². The van der Waals surface area contributed by atoms with Gasteiger partial charge in [-0.3, -0.25) is 28.8 Å². The van der Waals surface area contributed by atoms with Crippen molar-refractivity contribution in [1.29, 1.82) is 0 Å². The van der Waals surface area contributed by atoms with Crippen LogP contribution >= 0.6 is 0 Å². The van der Waals surface area contributed by atoms with Crippen LogP contribution in [0.2, 0.25) is 0 Å². The number of nitrogens with one attached hydrogen (secondary N) is 3. The molecule has 0 aliphatic carbocycles. The van der Waals surface area contributed by atoms with Crippen molar-refractivity contribution < 1.29 is 67.8 Å². The van der Waals surface area contributed by atoms with Crippen molar-refractivity contribution in [3.05, 3.63) is 0 Å². The van der Waals surface area contributed by atoms with E-state index in [0.717, 1.165) is 38.5 Å². The smallest absolute Gasteiger partial charge is 0.326 e. The maximum Gasteiger partial charge on any atom is 0.326 e. The molecule has 0 saturated heterocycles. The summed E-state index contributed by atoms with van der Waals surface area (Å²) >= 11 is 0. The molecule has 0 bridgehead atoms. The highest BCUT2D eigenvalue weighted by Gasteiger charge is 2.21. The number of carboxylic acids is 3. The molecule has 0 aromatic carbocycles. The number of amides is 3. The van der Waals surface area contributed by atoms with Crippen LogP contribution in [0, 0.1) is 5.92 Å². The molecule has 62 heavy (non-hydrogen) atoms. The third kappa shape index (κ3) is 41.7. The Morgan fingerprint density at radius 2 is 0.887 bits per heavy atom. The summed E-state index contributed by atoms with van der Waals surface area (Å²) in [6, 6.07) is -1.10. The number of rotatable bonds is 47. The molecule has 6 N–H and O–H groups in total. The summed E-state index contributed by atoms with van der Waals surface area (Å²) in [4.78, 5) is 81.3. The predicted octanol–water partition coefficient (Wildman–Crippen LogP) is 5.98. The van der Waals surface area contributed by atoms with Crippen molar-refractivity contribution in [2.75, 3.05) is 65.9 Å². The number of ether oxygens (including phenoxy) is 4. The third-order valence-corrected chi connectivity index (χ3v) is 10.2. The molecule has 360 valence electrons. The zero-order valence-electron chi connectivity index (χ0n) is 37.7. The van der Waals surface area contributed by atoms with Gasteiger partial charge in [0.05, 0.1) is 39.0 Å². The first-order valence-corrected chi connectivity index (χ1v) is 23.2. The molecule has 0 aliphatic heterocycles. The predicted molar refractivity (Wildman–Crippen MR) is 234 cm³/mol. The SMILES string of the molecule is C[C@@H](CCCCNC(=O)COCCOCCNC(=O)COCCOCCCC(=O)CC[C@H](NC(=O)CCCCCCCCCCCCCCCCCCC(=O)O)C(=O)O)C(=O)O. The van der Waals surface area contributed by atoms with Crippen molar-refractivity contribution in [1.82, 2.24) is 16.0 Å². The summed E-state index contributed by atoms with van der Waals surface area (Å²) < 4.78 is 21.4. The third-order valence-electron chi connectivity index (χ3n) is 10.2. The Hall–Kier alpha value is -3.67. The fraction of sp³-hybridized carbons (Fsp3) is 0.844. The number of carbonyl (C=O) groups excluding carboxylic acids is 4. The van der Waals surface area contributed by atoms with E-state index in [1.54, 1.807) is 6.92 Å². The molecule has 0 saturated carbocycles. The molecular formula is C45H81N3O14. The first-order valence-electron chi connectivity index (χ1n) is 23.2. The van der Waals surface area contributed by atoms with Crippen LogP contribution in [0.5, 0.6) is 0 Å². The van der Waals surface area contributed by atoms with Crippen LogP contribution in [0.4, 0.5) is 0 Å². The van der Waals surface area contributed by atoms with Gasteiger partial charge in [0.25, 0.3) is 0 Å². The van der Waals surface area contributed by atoms with Gasteiger partial charge >= 0.3 is 17.9 Å². The zero-order valence-corrected chi connectivity index (χ0v) is 37.7. The van der Waals surface area contributed by atoms with Crippen LogP contribution in [0.15, 0.2) is 0 Å². The van der Waals surface area contributed by atoms with Crippen molar-refractivity contribution in [3.63, 3.8) is 0 Å². The van der Waals surface area contributed by atoms with Crippen LogP contribution in [0.1, 0.15) is 167 Å². The van der Waals surface area contributed by atoms with Crippen LogP contribution in [-0.4, -0.2) is 129 Å². The maximum atomic E-state index is 12.4. The highest BCUT2D eigenvalue weighted by molar-refractivity contribution is 5.84. The summed E-state index contributed by atoms with van der Waals surface area (Å²) in [7, 11) is 0. The van der Waals surface area contributed by atoms with Gasteiger partial charge in [-0.25, -0.2) is 4.79 Å². The van der Waals surface area contributed by atoms with Crippen LogP contribution < -0.4 is 16.0 Å². The van der Waals surface area contributed by atoms with E-state index in [4.69, 9.17) is 29.2 Å². The Morgan fingerprint density at radius 3 is 1.39 bits per heavy atom. The van der Waals surface area contributed by atoms with Gasteiger partial charge < -0.3 is 50.2 Å². The molecule has 0 aliphatic rings. The molecule has 17 heteroatoms. The second kappa shape index (κ2) is 42.6. The molecule has 17 nitrogen and oxygen atoms in total. The molecule has 0 aromatic rings. The molecule has 2 atom stereocenters. The van der Waals surface area contributed by atoms with Crippen LogP contribution in [0.3, 0.4) is 0 Å². The molecular weight excluding hydrogens is 807 g/mol. The second-order valence-corrected chi connectivity index (χ2v) is 16.0. The van der Waals surface area contributed by atoms with Crippen molar-refractivity contribution >= 4 is 41.4 Å². The molecule has 0 aromatic heterocycles. The molecule has 0 fully saturated rings. The van der Waals surface area contributed by atoms with Gasteiger partial charge in [-0.1, -0.05) is 103 Å². The second-order valence-electron chi connectivity index (χ2n) is 16.0. The van der Waals surface area contributed by atoms with E-state index in [1.807, 2.05) is 0 Å². The molecule has 0 unspecified atom stereocenters. The Morgan fingerprint density at radius 1 is 0.419 bits per heavy atom. The lowest BCUT2D eigenvalue weighted by Gasteiger charge is -2.14. The minimum Gasteiger partial charge on any atom is -0.481 e. The number of hydrogen-bond acceptors (Lipinski definition) is 11. The van der Waals surface area contributed by atoms with E-state index in [-0.39, 0.29) is 108 Å². The first-order chi connectivity index (χ1) is 29.9. The van der Waals surface area contributed by atoms with Gasteiger partial charge in [0.2, 0.25) is 17.7 Å². The Balaban J connectivity index is 3.63. The van der Waals surface area contributed by atoms with Gasteiger partial charge in [0.15, 0.2) is 0 Å². The lowest BCUT2D eigenvalue weighted by Crippen LogP contribution is -2.41. The summed E-state index contributed by atoms with van der Waals surface area (Å²) in [5.74, 6) is -4.05. The Labute approximate surface area is 369 Å². The topological polar surface area (TPSA) is 253 Å². The zero-order chi connectivity index (χ0) is 45.9. The number of Topliss-reactive ketones (excluding diaryl/α,β-unsaturated/α-hetero) is 1. The molecule has 0 heterocycles. The lowest BCUT2D eigenvalue weighted by atomic mass is 10.0. The van der Waals surface area contributed by atoms with E-state index in [1.165, 1.54) is 57.8 Å². The summed E-state index contributed by atoms with van der Waals surface area (Å²) in [5, 5.41) is 35.0. The number of unbranched alkanes of at least 4 members (excludes halogenated alkanes) is 16. The molecule has 0 rings (SSSR count). The highest BCUT2D eigenvalue weighted by Crippen LogP contribution is 2.15. The number of carbonyl (C=O) groups is 7. The Kier molecular flexibility index (Phi) is 40.1. The minimum atomic E-state index is -1.15. The van der Waals surface area contributed by atoms with Gasteiger partial charge in [-0.15, -0.1) is 0 Å². The summed E-state index contributed by atoms with van der Waals surface area (Å²) in [6.07, 6.45) is 21.2. The van der Waals surface area contributed by atoms with Gasteiger partial charge in [-0.05, 0) is 38.5 Å². The standard InChI is InChI=1S/C45H81N3O14/c1-37(44(55)56)21-18-19-27-46-41(51)35-62-34-32-60-30-28-47-42(52)36-61-33-31-59-29-20-22-38(49)25-26-39(45(57)58)48-40(50)23-16-14-12-10-8-6-4-2-3-5-7-9-11-13-15-17-24-43(53)54/h37,39H,2-36H2,1H3,(H,46,51)(H,47,52)(H,48,50)(H,53,54)(H,55,56)(H,57,58)/t37-,39-/m0/s1. The first kappa shape index (κ1) is 58.3. The van der Waals surface area contributed by atoms with Crippen LogP contribution in [0.25, 0.3) is 0 Å². The van der Waals surface area contributed by atoms with E-state index in [9.17, 15) is 38.7 Å². The highest BCUT2D eigenvalue weighted by atomic mass is 16.5.